The van der Waals surface area contributed by atoms with Crippen LogP contribution in [0.15, 0.2) is 48.5 Å². The molecule has 1 atom stereocenters. The van der Waals surface area contributed by atoms with Gasteiger partial charge in [0.2, 0.25) is 11.8 Å². The van der Waals surface area contributed by atoms with Crippen LogP contribution in [0.2, 0.25) is 0 Å². The van der Waals surface area contributed by atoms with Crippen LogP contribution in [0, 0.1) is 12.7 Å². The number of thioether (sulfide) groups is 1. The summed E-state index contributed by atoms with van der Waals surface area (Å²) in [5.74, 6) is 0.0559. The maximum Gasteiger partial charge on any atom is 0.240 e. The molecule has 1 N–H and O–H groups in total. The number of aryl methyl sites for hydroxylation is 1. The van der Waals surface area contributed by atoms with Crippen molar-refractivity contribution in [2.24, 2.45) is 0 Å². The number of hydrogen-bond donors (Lipinski definition) is 1. The quantitative estimate of drug-likeness (QED) is 0.490. The third kappa shape index (κ3) is 5.33. The van der Waals surface area contributed by atoms with Crippen molar-refractivity contribution in [2.75, 3.05) is 23.7 Å². The van der Waals surface area contributed by atoms with Gasteiger partial charge >= 0.3 is 0 Å². The summed E-state index contributed by atoms with van der Waals surface area (Å²) in [5, 5.41) is 7.74. The van der Waals surface area contributed by atoms with Crippen molar-refractivity contribution in [3.63, 3.8) is 0 Å². The molecule has 2 heterocycles. The lowest BCUT2D eigenvalue weighted by Crippen LogP contribution is -2.42. The molecule has 2 amide bonds. The fraction of sp³-hybridized carbons (Fsp3) is 0.393. The molecule has 1 unspecified atom stereocenters. The number of nitrogens with one attached hydrogen (secondary N) is 1. The maximum atomic E-state index is 13.8. The summed E-state index contributed by atoms with van der Waals surface area (Å²) in [4.78, 5) is 27.9. The predicted octanol–water partition coefficient (Wildman–Crippen LogP) is 5.31. The van der Waals surface area contributed by atoms with E-state index in [-0.39, 0.29) is 40.6 Å². The minimum absolute atomic E-state index is 0.108. The Bertz CT molecular complexity index is 1260. The van der Waals surface area contributed by atoms with E-state index in [1.54, 1.807) is 33.5 Å². The second-order valence-corrected chi connectivity index (χ2v) is 11.3. The second-order valence-electron chi connectivity index (χ2n) is 10.2. The van der Waals surface area contributed by atoms with Crippen LogP contribution in [0.1, 0.15) is 61.7 Å². The van der Waals surface area contributed by atoms with Gasteiger partial charge in [0.15, 0.2) is 0 Å². The molecule has 0 saturated carbocycles. The van der Waals surface area contributed by atoms with E-state index in [4.69, 9.17) is 5.10 Å². The summed E-state index contributed by atoms with van der Waals surface area (Å²) in [6.45, 7) is 10.7. The van der Waals surface area contributed by atoms with Gasteiger partial charge in [0, 0.05) is 17.5 Å². The number of halogens is 1. The molecule has 3 aromatic rings. The van der Waals surface area contributed by atoms with Crippen LogP contribution in [-0.4, -0.2) is 40.4 Å². The lowest BCUT2D eigenvalue weighted by molar-refractivity contribution is -0.122. The normalized spacial score (nSPS) is 16.0. The van der Waals surface area contributed by atoms with Gasteiger partial charge in [0.05, 0.1) is 22.4 Å². The number of carbonyl (C=O) groups is 2. The largest absolute Gasteiger partial charge is 0.355 e. The lowest BCUT2D eigenvalue weighted by Gasteiger charge is -2.24. The van der Waals surface area contributed by atoms with Crippen LogP contribution in [0.4, 0.5) is 10.2 Å². The Hall–Kier alpha value is -3.13. The summed E-state index contributed by atoms with van der Waals surface area (Å²) in [6.07, 6.45) is 0.803. The Morgan fingerprint density at radius 1 is 1.19 bits per heavy atom. The van der Waals surface area contributed by atoms with E-state index in [1.807, 2.05) is 26.0 Å². The smallest absolute Gasteiger partial charge is 0.240 e. The van der Waals surface area contributed by atoms with Crippen LogP contribution in [0.5, 0.6) is 0 Å². The van der Waals surface area contributed by atoms with Gasteiger partial charge in [-0.2, -0.15) is 5.10 Å². The van der Waals surface area contributed by atoms with Crippen molar-refractivity contribution in [1.82, 2.24) is 15.1 Å². The number of hydrogen-bond acceptors (Lipinski definition) is 4. The SMILES string of the molecule is CCCNC(=O)CN1C(=O)CSC(c2cccc(C)c2)c2c(C(C)(C)C)nn(-c3ccc(F)cc3)c21. The highest BCUT2D eigenvalue weighted by atomic mass is 32.2. The van der Waals surface area contributed by atoms with Gasteiger partial charge in [0.1, 0.15) is 18.2 Å². The number of anilines is 1. The zero-order chi connectivity index (χ0) is 26.0. The van der Waals surface area contributed by atoms with Crippen molar-refractivity contribution in [3.05, 3.63) is 76.7 Å². The Kier molecular flexibility index (Phi) is 7.54. The van der Waals surface area contributed by atoms with Crippen molar-refractivity contribution >= 4 is 29.4 Å². The molecular weight excluding hydrogens is 475 g/mol. The van der Waals surface area contributed by atoms with E-state index in [1.165, 1.54) is 12.1 Å². The van der Waals surface area contributed by atoms with Gasteiger partial charge < -0.3 is 5.32 Å². The van der Waals surface area contributed by atoms with Gasteiger partial charge in [-0.15, -0.1) is 11.8 Å². The molecule has 8 heteroatoms. The van der Waals surface area contributed by atoms with Crippen molar-refractivity contribution in [1.29, 1.82) is 0 Å². The van der Waals surface area contributed by atoms with E-state index in [0.717, 1.165) is 28.8 Å². The summed E-state index contributed by atoms with van der Waals surface area (Å²) in [5.41, 5.74) is 4.25. The highest BCUT2D eigenvalue weighted by Crippen LogP contribution is 2.48. The first kappa shape index (κ1) is 25.9. The first-order chi connectivity index (χ1) is 17.1. The number of amides is 2. The van der Waals surface area contributed by atoms with Crippen LogP contribution in [0.25, 0.3) is 5.69 Å². The van der Waals surface area contributed by atoms with Gasteiger partial charge in [-0.3, -0.25) is 14.5 Å². The minimum atomic E-state index is -0.354. The molecule has 0 radical (unpaired) electrons. The first-order valence-electron chi connectivity index (χ1n) is 12.2. The molecule has 0 fully saturated rings. The van der Waals surface area contributed by atoms with Gasteiger partial charge in [-0.05, 0) is 43.2 Å². The number of carbonyl (C=O) groups excluding carboxylic acids is 2. The highest BCUT2D eigenvalue weighted by molar-refractivity contribution is 8.00. The highest BCUT2D eigenvalue weighted by Gasteiger charge is 2.39. The van der Waals surface area contributed by atoms with E-state index < -0.39 is 0 Å². The zero-order valence-corrected chi connectivity index (χ0v) is 22.3. The molecule has 36 heavy (non-hydrogen) atoms. The van der Waals surface area contributed by atoms with Crippen LogP contribution in [0.3, 0.4) is 0 Å². The number of rotatable bonds is 6. The molecular formula is C28H33FN4O2S. The Labute approximate surface area is 216 Å². The van der Waals surface area contributed by atoms with Crippen molar-refractivity contribution < 1.29 is 14.0 Å². The number of nitrogens with zero attached hydrogens (tertiary/aromatic N) is 3. The minimum Gasteiger partial charge on any atom is -0.355 e. The van der Waals surface area contributed by atoms with Gasteiger partial charge in [0.25, 0.3) is 0 Å². The summed E-state index contributed by atoms with van der Waals surface area (Å²) in [7, 11) is 0. The molecule has 2 aromatic carbocycles. The number of benzene rings is 2. The van der Waals surface area contributed by atoms with Crippen molar-refractivity contribution in [2.45, 2.75) is 51.7 Å². The van der Waals surface area contributed by atoms with E-state index in [0.29, 0.717) is 18.1 Å². The molecule has 1 aromatic heterocycles. The molecule has 0 aliphatic carbocycles. The number of aromatic nitrogens is 2. The molecule has 0 saturated heterocycles. The Morgan fingerprint density at radius 3 is 2.56 bits per heavy atom. The van der Waals surface area contributed by atoms with Gasteiger partial charge in [-0.25, -0.2) is 9.07 Å². The van der Waals surface area contributed by atoms with Gasteiger partial charge in [-0.1, -0.05) is 57.5 Å². The third-order valence-electron chi connectivity index (χ3n) is 6.09. The van der Waals surface area contributed by atoms with E-state index >= 15 is 0 Å². The van der Waals surface area contributed by atoms with Crippen molar-refractivity contribution in [3.8, 4) is 5.69 Å². The molecule has 0 spiro atoms. The predicted molar refractivity (Wildman–Crippen MR) is 143 cm³/mol. The molecule has 0 bridgehead atoms. The van der Waals surface area contributed by atoms with Crippen LogP contribution >= 0.6 is 11.8 Å². The summed E-state index contributed by atoms with van der Waals surface area (Å²) >= 11 is 1.55. The van der Waals surface area contributed by atoms with Crippen LogP contribution < -0.4 is 10.2 Å². The van der Waals surface area contributed by atoms with E-state index in [2.05, 4.69) is 38.2 Å². The number of fused-ring (bicyclic) bond motifs is 1. The monoisotopic (exact) mass is 508 g/mol. The molecule has 4 rings (SSSR count). The first-order valence-corrected chi connectivity index (χ1v) is 13.3. The summed E-state index contributed by atoms with van der Waals surface area (Å²) < 4.78 is 15.5. The molecule has 6 nitrogen and oxygen atoms in total. The topological polar surface area (TPSA) is 67.2 Å². The zero-order valence-electron chi connectivity index (χ0n) is 21.5. The average Bonchev–Trinajstić information content (AvgIpc) is 3.16. The Balaban J connectivity index is 1.99. The molecule has 1 aliphatic heterocycles. The maximum absolute atomic E-state index is 13.8. The lowest BCUT2D eigenvalue weighted by atomic mass is 9.87. The average molecular weight is 509 g/mol. The fourth-order valence-corrected chi connectivity index (χ4v) is 5.58. The molecule has 190 valence electrons. The third-order valence-corrected chi connectivity index (χ3v) is 7.34. The second kappa shape index (κ2) is 10.5. The Morgan fingerprint density at radius 2 is 1.92 bits per heavy atom. The van der Waals surface area contributed by atoms with E-state index in [9.17, 15) is 14.0 Å². The fourth-order valence-electron chi connectivity index (χ4n) is 4.40. The summed E-state index contributed by atoms with van der Waals surface area (Å²) in [6, 6.07) is 14.3. The molecule has 1 aliphatic rings. The standard InChI is InChI=1S/C28H33FN4O2S/c1-6-14-30-22(34)16-32-23(35)17-36-25(19-9-7-8-18(2)15-19)24-26(28(3,4)5)31-33(27(24)32)21-12-10-20(29)11-13-21/h7-13,15,25H,6,14,16-17H2,1-5H3,(H,30,34). The van der Waals surface area contributed by atoms with Crippen LogP contribution in [-0.2, 0) is 15.0 Å².